The van der Waals surface area contributed by atoms with Crippen molar-refractivity contribution in [1.82, 2.24) is 4.57 Å². The van der Waals surface area contributed by atoms with Crippen molar-refractivity contribution in [2.24, 2.45) is 11.7 Å². The second kappa shape index (κ2) is 5.15. The van der Waals surface area contributed by atoms with Gasteiger partial charge in [-0.3, -0.25) is 15.4 Å². The minimum atomic E-state index is 0.121. The lowest BCUT2D eigenvalue weighted by molar-refractivity contribution is 0.382. The number of hydrogen-bond acceptors (Lipinski definition) is 4. The first-order chi connectivity index (χ1) is 8.61. The normalized spacial score (nSPS) is 23.3. The van der Waals surface area contributed by atoms with Crippen molar-refractivity contribution in [2.75, 3.05) is 0 Å². The average molecular weight is 243 g/mol. The molecule has 5 heteroatoms. The smallest absolute Gasteiger partial charge is 0.131 e. The number of pyridine rings is 1. The molecule has 0 radical (unpaired) electrons. The molecule has 2 rings (SSSR count). The van der Waals surface area contributed by atoms with Gasteiger partial charge in [0, 0.05) is 18.2 Å². The van der Waals surface area contributed by atoms with E-state index in [1.807, 2.05) is 6.07 Å². The lowest BCUT2D eigenvalue weighted by Crippen LogP contribution is -2.37. The topological polar surface area (TPSA) is 102 Å². The van der Waals surface area contributed by atoms with Crippen LogP contribution in [-0.2, 0) is 0 Å². The zero-order valence-corrected chi connectivity index (χ0v) is 10.2. The summed E-state index contributed by atoms with van der Waals surface area (Å²) in [4.78, 5) is 0. The Morgan fingerprint density at radius 1 is 1.50 bits per heavy atom. The van der Waals surface area contributed by atoms with Gasteiger partial charge in [-0.2, -0.15) is 5.26 Å². The molecule has 4 N–H and O–H groups in total. The summed E-state index contributed by atoms with van der Waals surface area (Å²) in [6.45, 7) is 0. The van der Waals surface area contributed by atoms with E-state index >= 15 is 0 Å². The van der Waals surface area contributed by atoms with Crippen molar-refractivity contribution in [3.8, 4) is 6.07 Å². The molecule has 0 unspecified atom stereocenters. The Morgan fingerprint density at radius 3 is 2.89 bits per heavy atom. The molecule has 18 heavy (non-hydrogen) atoms. The van der Waals surface area contributed by atoms with Crippen molar-refractivity contribution in [3.63, 3.8) is 0 Å². The molecule has 1 heterocycles. The fourth-order valence-corrected chi connectivity index (χ4v) is 2.45. The van der Waals surface area contributed by atoms with Gasteiger partial charge in [0.15, 0.2) is 0 Å². The van der Waals surface area contributed by atoms with E-state index < -0.39 is 0 Å². The van der Waals surface area contributed by atoms with E-state index in [2.05, 4.69) is 0 Å². The maximum Gasteiger partial charge on any atom is 0.131 e. The fourth-order valence-electron chi connectivity index (χ4n) is 2.45. The number of hydrogen-bond donors (Lipinski definition) is 3. The van der Waals surface area contributed by atoms with Crippen molar-refractivity contribution in [2.45, 2.75) is 31.7 Å². The fraction of sp³-hybridized carbons (Fsp3) is 0.462. The molecule has 0 aromatic carbocycles. The molecular formula is C13H17N5. The summed E-state index contributed by atoms with van der Waals surface area (Å²) in [5.41, 5.74) is 6.56. The van der Waals surface area contributed by atoms with Gasteiger partial charge in [0.05, 0.1) is 11.6 Å². The zero-order chi connectivity index (χ0) is 13.1. The minimum Gasteiger partial charge on any atom is -0.328 e. The summed E-state index contributed by atoms with van der Waals surface area (Å²) in [7, 11) is 0. The van der Waals surface area contributed by atoms with E-state index in [0.29, 0.717) is 11.4 Å². The van der Waals surface area contributed by atoms with Crippen molar-refractivity contribution >= 4 is 5.84 Å². The van der Waals surface area contributed by atoms with Crippen molar-refractivity contribution < 1.29 is 0 Å². The second-order valence-electron chi connectivity index (χ2n) is 4.79. The molecule has 0 amide bonds. The molecule has 1 aromatic rings. The maximum absolute atomic E-state index is 8.76. The van der Waals surface area contributed by atoms with Gasteiger partial charge in [0.25, 0.3) is 0 Å². The molecule has 0 aliphatic heterocycles. The third-order valence-electron chi connectivity index (χ3n) is 3.45. The molecule has 0 saturated heterocycles. The average Bonchev–Trinajstić information content (AvgIpc) is 2.37. The summed E-state index contributed by atoms with van der Waals surface area (Å²) < 4.78 is 1.53. The zero-order valence-electron chi connectivity index (χ0n) is 10.2. The van der Waals surface area contributed by atoms with Gasteiger partial charge in [-0.15, -0.1) is 0 Å². The van der Waals surface area contributed by atoms with Crippen LogP contribution < -0.4 is 11.2 Å². The van der Waals surface area contributed by atoms with Gasteiger partial charge in [-0.1, -0.05) is 6.42 Å². The van der Waals surface area contributed by atoms with Crippen LogP contribution in [0.2, 0.25) is 0 Å². The highest BCUT2D eigenvalue weighted by Gasteiger charge is 2.23. The molecular weight excluding hydrogens is 226 g/mol. The molecule has 2 atom stereocenters. The van der Waals surface area contributed by atoms with Gasteiger partial charge in [-0.05, 0) is 31.4 Å². The van der Waals surface area contributed by atoms with Gasteiger partial charge in [-0.25, -0.2) is 0 Å². The highest BCUT2D eigenvalue weighted by Crippen LogP contribution is 2.24. The Labute approximate surface area is 106 Å². The Hall–Kier alpha value is -1.93. The van der Waals surface area contributed by atoms with Gasteiger partial charge in [0.2, 0.25) is 0 Å². The number of nitrogens with two attached hydrogens (primary N) is 1. The molecule has 1 saturated carbocycles. The molecule has 1 fully saturated rings. The maximum atomic E-state index is 8.76. The van der Waals surface area contributed by atoms with Crippen LogP contribution in [0, 0.1) is 28.1 Å². The largest absolute Gasteiger partial charge is 0.328 e. The van der Waals surface area contributed by atoms with Crippen molar-refractivity contribution in [3.05, 3.63) is 29.4 Å². The van der Waals surface area contributed by atoms with Crippen LogP contribution in [0.15, 0.2) is 18.3 Å². The summed E-state index contributed by atoms with van der Waals surface area (Å²) >= 11 is 0. The molecule has 1 aliphatic rings. The first-order valence-corrected chi connectivity index (χ1v) is 6.13. The predicted molar refractivity (Wildman–Crippen MR) is 68.1 cm³/mol. The highest BCUT2D eigenvalue weighted by molar-refractivity contribution is 5.83. The standard InChI is InChI=1S/C13H17N5/c14-8-9-4-5-18(12(16)6-9)13(17)10-2-1-3-11(15)7-10/h4-6,10-11,16-17H,1-3,7,15H2/t10-,11+/m0/s1. The third-order valence-corrected chi connectivity index (χ3v) is 3.45. The quantitative estimate of drug-likeness (QED) is 0.509. The first-order valence-electron chi connectivity index (χ1n) is 6.13. The molecule has 0 spiro atoms. The van der Waals surface area contributed by atoms with E-state index in [4.69, 9.17) is 21.8 Å². The molecule has 5 nitrogen and oxygen atoms in total. The van der Waals surface area contributed by atoms with Crippen LogP contribution in [0.1, 0.15) is 31.2 Å². The highest BCUT2D eigenvalue weighted by atomic mass is 15.0. The third kappa shape index (κ3) is 2.49. The van der Waals surface area contributed by atoms with Crippen molar-refractivity contribution in [1.29, 1.82) is 16.1 Å². The number of aromatic nitrogens is 1. The van der Waals surface area contributed by atoms with E-state index in [0.717, 1.165) is 25.7 Å². The summed E-state index contributed by atoms with van der Waals surface area (Å²) in [6.07, 6.45) is 5.46. The summed E-state index contributed by atoms with van der Waals surface area (Å²) in [5.74, 6) is 0.537. The number of nitriles is 1. The Balaban J connectivity index is 2.24. The number of nitrogens with one attached hydrogen (secondary N) is 2. The Kier molecular flexibility index (Phi) is 3.58. The first kappa shape index (κ1) is 12.5. The summed E-state index contributed by atoms with van der Waals surface area (Å²) in [5, 5.41) is 24.8. The van der Waals surface area contributed by atoms with Crippen LogP contribution in [0.3, 0.4) is 0 Å². The van der Waals surface area contributed by atoms with Gasteiger partial charge in [0.1, 0.15) is 11.3 Å². The number of rotatable bonds is 1. The SMILES string of the molecule is N#Cc1ccn(C(=N)[C@H]2CCC[C@@H](N)C2)c(=N)c1. The van der Waals surface area contributed by atoms with E-state index in [-0.39, 0.29) is 17.4 Å². The minimum absolute atomic E-state index is 0.121. The lowest BCUT2D eigenvalue weighted by atomic mass is 9.85. The van der Waals surface area contributed by atoms with Gasteiger partial charge >= 0.3 is 0 Å². The second-order valence-corrected chi connectivity index (χ2v) is 4.79. The molecule has 0 bridgehead atoms. The molecule has 1 aliphatic carbocycles. The van der Waals surface area contributed by atoms with E-state index in [1.165, 1.54) is 10.6 Å². The van der Waals surface area contributed by atoms with Crippen LogP contribution >= 0.6 is 0 Å². The molecule has 94 valence electrons. The van der Waals surface area contributed by atoms with Crippen LogP contribution in [-0.4, -0.2) is 16.4 Å². The Morgan fingerprint density at radius 2 is 2.28 bits per heavy atom. The lowest BCUT2D eigenvalue weighted by Gasteiger charge is -2.27. The van der Waals surface area contributed by atoms with Crippen LogP contribution in [0.4, 0.5) is 0 Å². The number of nitrogens with zero attached hydrogens (tertiary/aromatic N) is 2. The van der Waals surface area contributed by atoms with E-state index in [1.54, 1.807) is 12.3 Å². The predicted octanol–water partition coefficient (Wildman–Crippen LogP) is 1.18. The monoisotopic (exact) mass is 243 g/mol. The molecule has 1 aromatic heterocycles. The van der Waals surface area contributed by atoms with Crippen LogP contribution in [0.5, 0.6) is 0 Å². The van der Waals surface area contributed by atoms with Crippen LogP contribution in [0.25, 0.3) is 0 Å². The summed E-state index contributed by atoms with van der Waals surface area (Å²) in [6, 6.07) is 5.28. The van der Waals surface area contributed by atoms with Gasteiger partial charge < -0.3 is 5.73 Å². The van der Waals surface area contributed by atoms with E-state index in [9.17, 15) is 0 Å². The Bertz CT molecular complexity index is 551.